The zero-order valence-corrected chi connectivity index (χ0v) is 16.0. The molecule has 2 N–H and O–H groups in total. The fourth-order valence-corrected chi connectivity index (χ4v) is 4.14. The molecule has 140 valence electrons. The minimum atomic E-state index is -0.760. The van der Waals surface area contributed by atoms with E-state index < -0.39 is 11.2 Å². The van der Waals surface area contributed by atoms with Crippen LogP contribution in [0.15, 0.2) is 18.3 Å². The van der Waals surface area contributed by atoms with Crippen LogP contribution in [0.25, 0.3) is 0 Å². The Hall–Kier alpha value is -2.06. The number of aryl methyl sites for hydroxylation is 1. The first-order valence-corrected chi connectivity index (χ1v) is 9.40. The van der Waals surface area contributed by atoms with Gasteiger partial charge in [-0.3, -0.25) is 4.79 Å². The van der Waals surface area contributed by atoms with E-state index in [1.54, 1.807) is 12.3 Å². The molecule has 8 heteroatoms. The molecule has 0 aromatic carbocycles. The van der Waals surface area contributed by atoms with Crippen molar-refractivity contribution in [3.8, 4) is 0 Å². The molecular weight excluding hydrogens is 355 g/mol. The lowest BCUT2D eigenvalue weighted by atomic mass is 9.73. The second-order valence-electron chi connectivity index (χ2n) is 6.78. The van der Waals surface area contributed by atoms with Gasteiger partial charge in [-0.15, -0.1) is 11.3 Å². The van der Waals surface area contributed by atoms with Gasteiger partial charge in [0.25, 0.3) is 0 Å². The first kappa shape index (κ1) is 18.7. The van der Waals surface area contributed by atoms with Gasteiger partial charge in [0, 0.05) is 23.5 Å². The summed E-state index contributed by atoms with van der Waals surface area (Å²) in [5, 5.41) is 7.12. The zero-order chi connectivity index (χ0) is 18.7. The summed E-state index contributed by atoms with van der Waals surface area (Å²) in [6, 6.07) is 3.11. The number of thiazole rings is 1. The maximum Gasteiger partial charge on any atom is 0.312 e. The number of rotatable bonds is 5. The number of hydrogen-bond acceptors (Lipinski definition) is 7. The maximum atomic E-state index is 14.4. The molecule has 0 aliphatic carbocycles. The molecule has 1 aliphatic rings. The lowest BCUT2D eigenvalue weighted by molar-refractivity contribution is -0.155. The van der Waals surface area contributed by atoms with Crippen LogP contribution in [0.2, 0.25) is 0 Å². The Labute approximate surface area is 156 Å². The van der Waals surface area contributed by atoms with E-state index in [4.69, 9.17) is 4.74 Å². The minimum Gasteiger partial charge on any atom is -0.469 e. The van der Waals surface area contributed by atoms with Crippen molar-refractivity contribution in [2.75, 3.05) is 19.0 Å². The molecule has 0 saturated carbocycles. The summed E-state index contributed by atoms with van der Waals surface area (Å²) in [5.74, 6) is -0.209. The Balaban J connectivity index is 1.86. The number of anilines is 2. The molecule has 0 amide bonds. The summed E-state index contributed by atoms with van der Waals surface area (Å²) >= 11 is 1.50. The smallest absolute Gasteiger partial charge is 0.312 e. The van der Waals surface area contributed by atoms with Gasteiger partial charge in [-0.2, -0.15) is 0 Å². The highest BCUT2D eigenvalue weighted by Crippen LogP contribution is 2.37. The number of carbonyl (C=O) groups excluding carboxylic acids is 1. The fraction of sp³-hybridized carbons (Fsp3) is 0.500. The molecule has 1 fully saturated rings. The summed E-state index contributed by atoms with van der Waals surface area (Å²) in [7, 11) is 1.38. The molecule has 2 aromatic heterocycles. The Morgan fingerprint density at radius 1 is 1.54 bits per heavy atom. The fourth-order valence-electron chi connectivity index (χ4n) is 3.47. The summed E-state index contributed by atoms with van der Waals surface area (Å²) in [6.07, 6.45) is 3.16. The van der Waals surface area contributed by atoms with Gasteiger partial charge in [-0.25, -0.2) is 14.4 Å². The van der Waals surface area contributed by atoms with E-state index >= 15 is 0 Å². The van der Waals surface area contributed by atoms with Crippen LogP contribution in [0.1, 0.15) is 30.3 Å². The molecule has 0 spiro atoms. The molecule has 1 saturated heterocycles. The minimum absolute atomic E-state index is 0.158. The summed E-state index contributed by atoms with van der Waals surface area (Å²) < 4.78 is 19.5. The molecular formula is C18H23FN4O2S. The van der Waals surface area contributed by atoms with Crippen LogP contribution in [0.4, 0.5) is 15.3 Å². The van der Waals surface area contributed by atoms with Crippen molar-refractivity contribution in [2.45, 2.75) is 39.2 Å². The van der Waals surface area contributed by atoms with Crippen LogP contribution in [0.5, 0.6) is 0 Å². The highest BCUT2D eigenvalue weighted by Gasteiger charge is 2.43. The maximum absolute atomic E-state index is 14.4. The molecule has 0 bridgehead atoms. The highest BCUT2D eigenvalue weighted by molar-refractivity contribution is 7.15. The zero-order valence-electron chi connectivity index (χ0n) is 15.1. The predicted molar refractivity (Wildman–Crippen MR) is 99.2 cm³/mol. The van der Waals surface area contributed by atoms with Crippen molar-refractivity contribution >= 4 is 28.3 Å². The second-order valence-corrected chi connectivity index (χ2v) is 8.02. The summed E-state index contributed by atoms with van der Waals surface area (Å²) in [5.41, 5.74) is -0.494. The molecule has 1 aliphatic heterocycles. The molecule has 26 heavy (non-hydrogen) atoms. The summed E-state index contributed by atoms with van der Waals surface area (Å²) in [4.78, 5) is 22.2. The van der Waals surface area contributed by atoms with E-state index in [1.165, 1.54) is 24.5 Å². The molecule has 2 unspecified atom stereocenters. The van der Waals surface area contributed by atoms with E-state index in [0.717, 1.165) is 4.88 Å². The van der Waals surface area contributed by atoms with Crippen LogP contribution < -0.4 is 10.6 Å². The highest BCUT2D eigenvalue weighted by atomic mass is 32.1. The van der Waals surface area contributed by atoms with Crippen molar-refractivity contribution < 1.29 is 13.9 Å². The van der Waals surface area contributed by atoms with Crippen LogP contribution in [-0.2, 0) is 16.0 Å². The lowest BCUT2D eigenvalue weighted by Crippen LogP contribution is -2.48. The third-order valence-corrected chi connectivity index (χ3v) is 5.52. The lowest BCUT2D eigenvalue weighted by Gasteiger charge is -2.38. The first-order valence-electron chi connectivity index (χ1n) is 8.58. The van der Waals surface area contributed by atoms with Gasteiger partial charge in [-0.05, 0) is 45.4 Å². The van der Waals surface area contributed by atoms with E-state index in [2.05, 4.69) is 20.6 Å². The monoisotopic (exact) mass is 378 g/mol. The van der Waals surface area contributed by atoms with Crippen LogP contribution in [0, 0.1) is 18.2 Å². The summed E-state index contributed by atoms with van der Waals surface area (Å²) in [6.45, 7) is 4.67. The van der Waals surface area contributed by atoms with Crippen LogP contribution >= 0.6 is 11.3 Å². The standard InChI is InChI=1S/C18H23FN4O2S/c1-11-8-18(6-7-20-11,16(24)25-3)9-14-13(19)4-5-15(22-14)23-17-21-10-12(2)26-17/h4-5,10-11,20H,6-9H2,1-3H3,(H,21,22,23). The SMILES string of the molecule is COC(=O)C1(Cc2nc(Nc3ncc(C)s3)ccc2F)CCNC(C)C1. The van der Waals surface area contributed by atoms with Crippen molar-refractivity contribution in [1.29, 1.82) is 0 Å². The second kappa shape index (κ2) is 7.67. The van der Waals surface area contributed by atoms with Crippen molar-refractivity contribution in [3.05, 3.63) is 34.7 Å². The number of hydrogen-bond donors (Lipinski definition) is 2. The normalized spacial score (nSPS) is 22.8. The average Bonchev–Trinajstić information content (AvgIpc) is 3.02. The van der Waals surface area contributed by atoms with Crippen molar-refractivity contribution in [1.82, 2.24) is 15.3 Å². The van der Waals surface area contributed by atoms with E-state index in [1.807, 2.05) is 13.8 Å². The van der Waals surface area contributed by atoms with Gasteiger partial charge in [0.05, 0.1) is 18.2 Å². The number of methoxy groups -OCH3 is 1. The third kappa shape index (κ3) is 4.02. The van der Waals surface area contributed by atoms with E-state index in [0.29, 0.717) is 30.3 Å². The van der Waals surface area contributed by atoms with Gasteiger partial charge in [0.2, 0.25) is 0 Å². The van der Waals surface area contributed by atoms with Gasteiger partial charge in [-0.1, -0.05) is 0 Å². The molecule has 3 heterocycles. The number of halogens is 1. The first-order chi connectivity index (χ1) is 12.4. The van der Waals surface area contributed by atoms with E-state index in [-0.39, 0.29) is 24.1 Å². The number of ether oxygens (including phenoxy) is 1. The number of piperidine rings is 1. The van der Waals surface area contributed by atoms with Gasteiger partial charge in [0.1, 0.15) is 11.6 Å². The topological polar surface area (TPSA) is 76.1 Å². The van der Waals surface area contributed by atoms with Crippen LogP contribution in [0.3, 0.4) is 0 Å². The third-order valence-electron chi connectivity index (χ3n) is 4.69. The van der Waals surface area contributed by atoms with Crippen molar-refractivity contribution in [2.24, 2.45) is 5.41 Å². The number of nitrogens with one attached hydrogen (secondary N) is 2. The van der Waals surface area contributed by atoms with Gasteiger partial charge in [0.15, 0.2) is 5.13 Å². The number of carbonyl (C=O) groups is 1. The average molecular weight is 378 g/mol. The Morgan fingerprint density at radius 3 is 3.00 bits per heavy atom. The largest absolute Gasteiger partial charge is 0.469 e. The van der Waals surface area contributed by atoms with E-state index in [9.17, 15) is 9.18 Å². The molecule has 2 atom stereocenters. The Bertz CT molecular complexity index is 797. The predicted octanol–water partition coefficient (Wildman–Crippen LogP) is 3.20. The van der Waals surface area contributed by atoms with Crippen LogP contribution in [-0.4, -0.2) is 35.6 Å². The Morgan fingerprint density at radius 2 is 2.35 bits per heavy atom. The molecule has 2 aromatic rings. The molecule has 6 nitrogen and oxygen atoms in total. The number of aromatic nitrogens is 2. The molecule has 3 rings (SSSR count). The number of pyridine rings is 1. The number of esters is 1. The van der Waals surface area contributed by atoms with Gasteiger partial charge >= 0.3 is 5.97 Å². The molecule has 0 radical (unpaired) electrons. The van der Waals surface area contributed by atoms with Gasteiger partial charge < -0.3 is 15.4 Å². The Kier molecular flexibility index (Phi) is 5.52. The number of nitrogens with zero attached hydrogens (tertiary/aromatic N) is 2. The van der Waals surface area contributed by atoms with Crippen molar-refractivity contribution in [3.63, 3.8) is 0 Å². The quantitative estimate of drug-likeness (QED) is 0.778.